The zero-order chi connectivity index (χ0) is 27.7. The van der Waals surface area contributed by atoms with Gasteiger partial charge in [0.25, 0.3) is 0 Å². The first-order chi connectivity index (χ1) is 18.8. The fourth-order valence-electron chi connectivity index (χ4n) is 3.69. The maximum absolute atomic E-state index is 13.0. The van der Waals surface area contributed by atoms with E-state index in [4.69, 9.17) is 4.74 Å². The minimum absolute atomic E-state index is 0.123. The van der Waals surface area contributed by atoms with Gasteiger partial charge in [-0.05, 0) is 72.1 Å². The third kappa shape index (κ3) is 8.33. The molecule has 4 aromatic rings. The number of halogens is 1. The van der Waals surface area contributed by atoms with Crippen LogP contribution in [0.4, 0.5) is 4.39 Å². The van der Waals surface area contributed by atoms with E-state index in [1.165, 1.54) is 30.5 Å². The Morgan fingerprint density at radius 1 is 0.923 bits per heavy atom. The van der Waals surface area contributed by atoms with Crippen LogP contribution in [0.1, 0.15) is 34.7 Å². The summed E-state index contributed by atoms with van der Waals surface area (Å²) in [5, 5.41) is 4.01. The molecular formula is C30H28FN3O4S. The molecule has 7 nitrogen and oxygen atoms in total. The molecule has 0 aliphatic carbocycles. The first kappa shape index (κ1) is 27.7. The second-order valence-electron chi connectivity index (χ2n) is 8.88. The SMILES string of the molecule is Cc1ccc(S(=O)(=O)N[C@@H](CC(=O)N/N=C\c2ccc(OCc3ccc(F)cc3)cc2)c2ccccc2)cc1. The predicted octanol–water partition coefficient (Wildman–Crippen LogP) is 5.27. The molecule has 0 aromatic heterocycles. The molecule has 39 heavy (non-hydrogen) atoms. The highest BCUT2D eigenvalue weighted by Crippen LogP contribution is 2.21. The summed E-state index contributed by atoms with van der Waals surface area (Å²) in [6, 6.07) is 27.8. The molecule has 0 bridgehead atoms. The number of carbonyl (C=O) groups excluding carboxylic acids is 1. The zero-order valence-electron chi connectivity index (χ0n) is 21.3. The van der Waals surface area contributed by atoms with Crippen LogP contribution in [-0.4, -0.2) is 20.5 Å². The molecule has 9 heteroatoms. The third-order valence-electron chi connectivity index (χ3n) is 5.82. The van der Waals surface area contributed by atoms with Crippen molar-refractivity contribution in [2.45, 2.75) is 30.9 Å². The lowest BCUT2D eigenvalue weighted by Gasteiger charge is -2.18. The van der Waals surface area contributed by atoms with Crippen molar-refractivity contribution < 1.29 is 22.3 Å². The molecule has 4 aromatic carbocycles. The Hall–Kier alpha value is -4.34. The second-order valence-corrected chi connectivity index (χ2v) is 10.6. The average Bonchev–Trinajstić information content (AvgIpc) is 2.94. The maximum atomic E-state index is 13.0. The Balaban J connectivity index is 1.34. The monoisotopic (exact) mass is 545 g/mol. The van der Waals surface area contributed by atoms with Gasteiger partial charge in [-0.1, -0.05) is 60.2 Å². The van der Waals surface area contributed by atoms with Crippen LogP contribution in [0.5, 0.6) is 5.75 Å². The number of aryl methyl sites for hydroxylation is 1. The topological polar surface area (TPSA) is 96.9 Å². The summed E-state index contributed by atoms with van der Waals surface area (Å²) in [6.45, 7) is 2.18. The minimum atomic E-state index is -3.86. The summed E-state index contributed by atoms with van der Waals surface area (Å²) < 4.78 is 47.3. The summed E-state index contributed by atoms with van der Waals surface area (Å²) >= 11 is 0. The number of benzene rings is 4. The van der Waals surface area contributed by atoms with Crippen molar-refractivity contribution >= 4 is 22.1 Å². The summed E-state index contributed by atoms with van der Waals surface area (Å²) in [4.78, 5) is 12.8. The Morgan fingerprint density at radius 2 is 1.59 bits per heavy atom. The van der Waals surface area contributed by atoms with Crippen LogP contribution >= 0.6 is 0 Å². The minimum Gasteiger partial charge on any atom is -0.489 e. The van der Waals surface area contributed by atoms with E-state index < -0.39 is 22.0 Å². The van der Waals surface area contributed by atoms with Gasteiger partial charge in [0.05, 0.1) is 17.2 Å². The van der Waals surface area contributed by atoms with Crippen molar-refractivity contribution in [1.82, 2.24) is 10.1 Å². The molecule has 0 spiro atoms. The highest BCUT2D eigenvalue weighted by atomic mass is 32.2. The fraction of sp³-hybridized carbons (Fsp3) is 0.133. The van der Waals surface area contributed by atoms with E-state index in [0.29, 0.717) is 17.9 Å². The van der Waals surface area contributed by atoms with Crippen LogP contribution < -0.4 is 14.9 Å². The normalized spacial score (nSPS) is 12.3. The summed E-state index contributed by atoms with van der Waals surface area (Å²) in [7, 11) is -3.86. The van der Waals surface area contributed by atoms with Crippen molar-refractivity contribution in [2.75, 3.05) is 0 Å². The van der Waals surface area contributed by atoms with Crippen molar-refractivity contribution in [1.29, 1.82) is 0 Å². The summed E-state index contributed by atoms with van der Waals surface area (Å²) in [5.41, 5.74) is 5.64. The molecule has 0 aliphatic rings. The molecule has 200 valence electrons. The van der Waals surface area contributed by atoms with Gasteiger partial charge >= 0.3 is 0 Å². The molecule has 1 atom stereocenters. The van der Waals surface area contributed by atoms with Crippen molar-refractivity contribution in [3.63, 3.8) is 0 Å². The highest BCUT2D eigenvalue weighted by Gasteiger charge is 2.23. The number of hydrogen-bond acceptors (Lipinski definition) is 5. The Bertz CT molecular complexity index is 1510. The van der Waals surface area contributed by atoms with Gasteiger partial charge < -0.3 is 4.74 Å². The van der Waals surface area contributed by atoms with Crippen LogP contribution in [0, 0.1) is 12.7 Å². The van der Waals surface area contributed by atoms with Crippen molar-refractivity contribution in [2.24, 2.45) is 5.10 Å². The molecule has 0 fully saturated rings. The van der Waals surface area contributed by atoms with E-state index in [-0.39, 0.29) is 17.1 Å². The molecule has 0 heterocycles. The van der Waals surface area contributed by atoms with Gasteiger partial charge in [-0.3, -0.25) is 4.79 Å². The molecule has 4 rings (SSSR count). The van der Waals surface area contributed by atoms with Crippen LogP contribution in [0.15, 0.2) is 113 Å². The number of nitrogens with zero attached hydrogens (tertiary/aromatic N) is 1. The number of ether oxygens (including phenoxy) is 1. The van der Waals surface area contributed by atoms with Gasteiger partial charge in [0, 0.05) is 6.42 Å². The number of rotatable bonds is 11. The van der Waals surface area contributed by atoms with E-state index in [1.54, 1.807) is 72.8 Å². The quantitative estimate of drug-likeness (QED) is 0.198. The van der Waals surface area contributed by atoms with Crippen LogP contribution in [0.3, 0.4) is 0 Å². The average molecular weight is 546 g/mol. The van der Waals surface area contributed by atoms with E-state index >= 15 is 0 Å². The largest absolute Gasteiger partial charge is 0.489 e. The van der Waals surface area contributed by atoms with E-state index in [1.807, 2.05) is 13.0 Å². The van der Waals surface area contributed by atoms with Gasteiger partial charge in [-0.25, -0.2) is 23.0 Å². The van der Waals surface area contributed by atoms with E-state index in [0.717, 1.165) is 16.7 Å². The molecular weight excluding hydrogens is 517 g/mol. The predicted molar refractivity (Wildman–Crippen MR) is 148 cm³/mol. The number of hydrogen-bond donors (Lipinski definition) is 2. The van der Waals surface area contributed by atoms with Crippen molar-refractivity contribution in [3.05, 3.63) is 131 Å². The van der Waals surface area contributed by atoms with Crippen LogP contribution in [-0.2, 0) is 21.4 Å². The number of sulfonamides is 1. The Kier molecular flexibility index (Phi) is 9.19. The van der Waals surface area contributed by atoms with Gasteiger partial charge in [-0.15, -0.1) is 0 Å². The Morgan fingerprint density at radius 3 is 2.26 bits per heavy atom. The molecule has 1 amide bonds. The standard InChI is InChI=1S/C30H28FN3O4S/c1-22-7-17-28(18-8-22)39(36,37)34-29(25-5-3-2-4-6-25)19-30(35)33-32-20-23-11-15-27(16-12-23)38-21-24-9-13-26(31)14-10-24/h2-18,20,29,34H,19,21H2,1H3,(H,33,35)/b32-20-/t29-/m0/s1. The maximum Gasteiger partial charge on any atom is 0.242 e. The Labute approximate surface area is 227 Å². The summed E-state index contributed by atoms with van der Waals surface area (Å²) in [5.74, 6) is -0.119. The molecule has 2 N–H and O–H groups in total. The highest BCUT2D eigenvalue weighted by molar-refractivity contribution is 7.89. The lowest BCUT2D eigenvalue weighted by atomic mass is 10.0. The lowest BCUT2D eigenvalue weighted by molar-refractivity contribution is -0.121. The van der Waals surface area contributed by atoms with Gasteiger partial charge in [0.1, 0.15) is 18.2 Å². The second kappa shape index (κ2) is 12.9. The van der Waals surface area contributed by atoms with Gasteiger partial charge in [0.2, 0.25) is 15.9 Å². The molecule has 0 aliphatic heterocycles. The molecule has 0 saturated heterocycles. The fourth-order valence-corrected chi connectivity index (χ4v) is 4.92. The van der Waals surface area contributed by atoms with Crippen LogP contribution in [0.2, 0.25) is 0 Å². The van der Waals surface area contributed by atoms with E-state index in [9.17, 15) is 17.6 Å². The number of amides is 1. The lowest BCUT2D eigenvalue weighted by Crippen LogP contribution is -2.32. The zero-order valence-corrected chi connectivity index (χ0v) is 22.1. The number of hydrazone groups is 1. The first-order valence-corrected chi connectivity index (χ1v) is 13.7. The third-order valence-corrected chi connectivity index (χ3v) is 7.31. The number of nitrogens with one attached hydrogen (secondary N) is 2. The van der Waals surface area contributed by atoms with E-state index in [2.05, 4.69) is 15.2 Å². The molecule has 0 unspecified atom stereocenters. The molecule has 0 saturated carbocycles. The van der Waals surface area contributed by atoms with Gasteiger partial charge in [0.15, 0.2) is 0 Å². The number of carbonyl (C=O) groups is 1. The molecule has 0 radical (unpaired) electrons. The first-order valence-electron chi connectivity index (χ1n) is 12.2. The van der Waals surface area contributed by atoms with Crippen molar-refractivity contribution in [3.8, 4) is 5.75 Å². The summed E-state index contributed by atoms with van der Waals surface area (Å²) in [6.07, 6.45) is 1.33. The van der Waals surface area contributed by atoms with Gasteiger partial charge in [-0.2, -0.15) is 5.10 Å². The van der Waals surface area contributed by atoms with Crippen LogP contribution in [0.25, 0.3) is 0 Å². The smallest absolute Gasteiger partial charge is 0.242 e.